The van der Waals surface area contributed by atoms with Crippen LogP contribution in [0.4, 0.5) is 5.69 Å². The van der Waals surface area contributed by atoms with Crippen LogP contribution in [0.3, 0.4) is 0 Å². The molecule has 3 rings (SSSR count). The van der Waals surface area contributed by atoms with Gasteiger partial charge in [0.15, 0.2) is 6.04 Å². The van der Waals surface area contributed by atoms with E-state index < -0.39 is 12.0 Å². The minimum absolute atomic E-state index is 0.0132. The fourth-order valence-corrected chi connectivity index (χ4v) is 3.31. The van der Waals surface area contributed by atoms with Crippen molar-refractivity contribution in [2.75, 3.05) is 18.5 Å². The molecule has 5 N–H and O–H groups in total. The van der Waals surface area contributed by atoms with E-state index in [9.17, 15) is 9.90 Å². The van der Waals surface area contributed by atoms with E-state index in [1.54, 1.807) is 24.3 Å². The van der Waals surface area contributed by atoms with Crippen molar-refractivity contribution in [2.45, 2.75) is 38.3 Å². The summed E-state index contributed by atoms with van der Waals surface area (Å²) in [4.78, 5) is 12.1. The molecule has 2 aromatic rings. The second-order valence-corrected chi connectivity index (χ2v) is 7.06. The average molecular weight is 397 g/mol. The van der Waals surface area contributed by atoms with Gasteiger partial charge >= 0.3 is 5.97 Å². The molecule has 2 aromatic carbocycles. The fourth-order valence-electron chi connectivity index (χ4n) is 3.31. The maximum absolute atomic E-state index is 12.1. The van der Waals surface area contributed by atoms with Gasteiger partial charge in [0.1, 0.15) is 17.7 Å². The molecule has 0 amide bonds. The van der Waals surface area contributed by atoms with E-state index in [4.69, 9.17) is 20.6 Å². The minimum atomic E-state index is -0.995. The molecule has 0 bridgehead atoms. The second kappa shape index (κ2) is 9.43. The van der Waals surface area contributed by atoms with E-state index in [1.807, 2.05) is 25.1 Å². The van der Waals surface area contributed by atoms with Crippen molar-refractivity contribution in [2.24, 2.45) is 5.73 Å². The Kier molecular flexibility index (Phi) is 6.72. The van der Waals surface area contributed by atoms with Crippen LogP contribution in [0.15, 0.2) is 42.5 Å². The van der Waals surface area contributed by atoms with Crippen LogP contribution in [0.5, 0.6) is 5.75 Å². The van der Waals surface area contributed by atoms with E-state index in [-0.39, 0.29) is 11.9 Å². The summed E-state index contributed by atoms with van der Waals surface area (Å²) in [5, 5.41) is 20.5. The molecule has 1 unspecified atom stereocenters. The maximum Gasteiger partial charge on any atom is 0.330 e. The Labute approximate surface area is 170 Å². The normalized spacial score (nSPS) is 15.5. The summed E-state index contributed by atoms with van der Waals surface area (Å²) >= 11 is 0. The molecule has 1 heterocycles. The Morgan fingerprint density at radius 1 is 1.28 bits per heavy atom. The van der Waals surface area contributed by atoms with E-state index >= 15 is 0 Å². The number of benzene rings is 2. The fraction of sp³-hybridized carbons (Fsp3) is 0.364. The predicted molar refractivity (Wildman–Crippen MR) is 112 cm³/mol. The number of ether oxygens (including phenoxy) is 2. The molecule has 0 aromatic heterocycles. The zero-order valence-electron chi connectivity index (χ0n) is 16.5. The summed E-state index contributed by atoms with van der Waals surface area (Å²) < 4.78 is 11.6. The maximum atomic E-state index is 12.1. The Hall–Kier alpha value is -3.06. The number of amidine groups is 1. The number of nitrogen functional groups attached to an aromatic ring is 1. The molecule has 1 fully saturated rings. The first-order valence-electron chi connectivity index (χ1n) is 9.79. The van der Waals surface area contributed by atoms with E-state index in [0.717, 1.165) is 24.8 Å². The van der Waals surface area contributed by atoms with E-state index in [0.29, 0.717) is 35.8 Å². The highest BCUT2D eigenvalue weighted by Crippen LogP contribution is 2.32. The van der Waals surface area contributed by atoms with Gasteiger partial charge < -0.3 is 25.6 Å². The Morgan fingerprint density at radius 3 is 2.55 bits per heavy atom. The monoisotopic (exact) mass is 397 g/mol. The molecule has 29 heavy (non-hydrogen) atoms. The van der Waals surface area contributed by atoms with Gasteiger partial charge in [-0.15, -0.1) is 0 Å². The van der Waals surface area contributed by atoms with Gasteiger partial charge in [-0.3, -0.25) is 5.41 Å². The largest absolute Gasteiger partial charge is 0.490 e. The Balaban J connectivity index is 1.89. The minimum Gasteiger partial charge on any atom is -0.490 e. The lowest BCUT2D eigenvalue weighted by Gasteiger charge is -2.26. The lowest BCUT2D eigenvalue weighted by molar-refractivity contribution is -0.138. The molecular weight excluding hydrogens is 370 g/mol. The van der Waals surface area contributed by atoms with Crippen LogP contribution >= 0.6 is 0 Å². The number of carbonyl (C=O) groups is 1. The van der Waals surface area contributed by atoms with Crippen molar-refractivity contribution in [3.8, 4) is 5.75 Å². The SMILES string of the molecule is CCc1ccc(OC2CCOCC2)c(C(Nc2ccc(C(=N)N)cc2)C(=O)O)c1. The molecule has 1 aliphatic rings. The molecule has 0 radical (unpaired) electrons. The average Bonchev–Trinajstić information content (AvgIpc) is 2.73. The number of rotatable bonds is 8. The van der Waals surface area contributed by atoms with Crippen LogP contribution in [-0.4, -0.2) is 36.2 Å². The molecule has 1 atom stereocenters. The molecule has 1 aliphatic heterocycles. The number of hydrogen-bond donors (Lipinski definition) is 4. The van der Waals surface area contributed by atoms with Gasteiger partial charge in [-0.2, -0.15) is 0 Å². The number of nitrogens with two attached hydrogens (primary N) is 1. The van der Waals surface area contributed by atoms with Crippen LogP contribution in [0, 0.1) is 5.41 Å². The molecule has 7 nitrogen and oxygen atoms in total. The summed E-state index contributed by atoms with van der Waals surface area (Å²) in [6, 6.07) is 11.6. The van der Waals surface area contributed by atoms with Gasteiger partial charge in [-0.1, -0.05) is 13.0 Å². The third-order valence-electron chi connectivity index (χ3n) is 5.01. The van der Waals surface area contributed by atoms with Gasteiger partial charge in [0.2, 0.25) is 0 Å². The number of anilines is 1. The first-order chi connectivity index (χ1) is 14.0. The smallest absolute Gasteiger partial charge is 0.330 e. The predicted octanol–water partition coefficient (Wildman–Crippen LogP) is 3.33. The first-order valence-corrected chi connectivity index (χ1v) is 9.79. The van der Waals surface area contributed by atoms with Crippen molar-refractivity contribution in [1.82, 2.24) is 0 Å². The topological polar surface area (TPSA) is 118 Å². The summed E-state index contributed by atoms with van der Waals surface area (Å²) in [5.74, 6) is -0.450. The van der Waals surface area contributed by atoms with Gasteiger partial charge in [-0.05, 0) is 48.4 Å². The third-order valence-corrected chi connectivity index (χ3v) is 5.01. The number of nitrogens with one attached hydrogen (secondary N) is 2. The van der Waals surface area contributed by atoms with Gasteiger partial charge in [0.25, 0.3) is 0 Å². The zero-order chi connectivity index (χ0) is 20.8. The summed E-state index contributed by atoms with van der Waals surface area (Å²) in [6.45, 7) is 3.33. The number of aryl methyl sites for hydroxylation is 1. The quantitative estimate of drug-likeness (QED) is 0.401. The van der Waals surface area contributed by atoms with Crippen LogP contribution in [0.1, 0.15) is 42.5 Å². The highest BCUT2D eigenvalue weighted by atomic mass is 16.5. The third kappa shape index (κ3) is 5.26. The molecular formula is C22H27N3O4. The molecule has 1 saturated heterocycles. The highest BCUT2D eigenvalue weighted by Gasteiger charge is 2.26. The van der Waals surface area contributed by atoms with E-state index in [1.165, 1.54) is 0 Å². The molecule has 0 saturated carbocycles. The number of carboxylic acids is 1. The molecule has 7 heteroatoms. The number of aliphatic carboxylic acids is 1. The van der Waals surface area contributed by atoms with Crippen molar-refractivity contribution in [1.29, 1.82) is 5.41 Å². The lowest BCUT2D eigenvalue weighted by atomic mass is 10.0. The van der Waals surface area contributed by atoms with Gasteiger partial charge in [0.05, 0.1) is 13.2 Å². The highest BCUT2D eigenvalue weighted by molar-refractivity contribution is 5.95. The summed E-state index contributed by atoms with van der Waals surface area (Å²) in [7, 11) is 0. The zero-order valence-corrected chi connectivity index (χ0v) is 16.5. The van der Waals surface area contributed by atoms with Gasteiger partial charge in [0, 0.05) is 29.7 Å². The lowest BCUT2D eigenvalue weighted by Crippen LogP contribution is -2.28. The summed E-state index contributed by atoms with van der Waals surface area (Å²) in [6.07, 6.45) is 2.38. The van der Waals surface area contributed by atoms with Crippen LogP contribution in [0.2, 0.25) is 0 Å². The van der Waals surface area contributed by atoms with Crippen LogP contribution in [0.25, 0.3) is 0 Å². The van der Waals surface area contributed by atoms with Crippen LogP contribution in [-0.2, 0) is 16.0 Å². The molecule has 154 valence electrons. The standard InChI is InChI=1S/C22H27N3O4/c1-2-14-3-8-19(29-17-9-11-28-12-10-17)18(13-14)20(22(26)27)25-16-6-4-15(5-7-16)21(23)24/h3-8,13,17,20,25H,2,9-12H2,1H3,(H3,23,24)(H,26,27). The Bertz CT molecular complexity index is 861. The second-order valence-electron chi connectivity index (χ2n) is 7.06. The number of hydrogen-bond acceptors (Lipinski definition) is 5. The molecule has 0 aliphatic carbocycles. The number of carboxylic acid groups (broad SMARTS) is 1. The van der Waals surface area contributed by atoms with Crippen LogP contribution < -0.4 is 15.8 Å². The van der Waals surface area contributed by atoms with Crippen molar-refractivity contribution in [3.63, 3.8) is 0 Å². The first kappa shape index (κ1) is 20.7. The molecule has 0 spiro atoms. The van der Waals surface area contributed by atoms with Gasteiger partial charge in [-0.25, -0.2) is 4.79 Å². The van der Waals surface area contributed by atoms with Crippen molar-refractivity contribution >= 4 is 17.5 Å². The van der Waals surface area contributed by atoms with Crippen molar-refractivity contribution < 1.29 is 19.4 Å². The summed E-state index contributed by atoms with van der Waals surface area (Å²) in [5.41, 5.74) is 8.33. The van der Waals surface area contributed by atoms with Crippen molar-refractivity contribution in [3.05, 3.63) is 59.2 Å². The van der Waals surface area contributed by atoms with E-state index in [2.05, 4.69) is 5.32 Å². The Morgan fingerprint density at radius 2 is 1.97 bits per heavy atom.